The van der Waals surface area contributed by atoms with Gasteiger partial charge in [-0.15, -0.1) is 0 Å². The molecule has 3 nitrogen and oxygen atoms in total. The molecule has 0 radical (unpaired) electrons. The number of carboxylic acids is 1. The van der Waals surface area contributed by atoms with Crippen LogP contribution in [0, 0.1) is 5.41 Å². The Morgan fingerprint density at radius 3 is 2.05 bits per heavy atom. The van der Waals surface area contributed by atoms with Crippen LogP contribution in [0.15, 0.2) is 49.1 Å². The zero-order valence-corrected chi connectivity index (χ0v) is 12.4. The van der Waals surface area contributed by atoms with Crippen LogP contribution in [-0.4, -0.2) is 17.3 Å². The summed E-state index contributed by atoms with van der Waals surface area (Å²) in [5, 5.41) is 14.5. The number of carbonyl (C=O) groups is 1. The summed E-state index contributed by atoms with van der Waals surface area (Å²) in [6, 6.07) is 10.0. The van der Waals surface area contributed by atoms with Gasteiger partial charge < -0.3 is 10.5 Å². The second-order valence-electron chi connectivity index (χ2n) is 4.05. The Hall–Kier alpha value is -2.16. The van der Waals surface area contributed by atoms with E-state index in [0.29, 0.717) is 0 Å². The minimum Gasteiger partial charge on any atom is -0.478 e. The molecule has 0 amide bonds. The van der Waals surface area contributed by atoms with Crippen molar-refractivity contribution in [1.29, 1.82) is 5.41 Å². The standard InChI is InChI=1S/C8H8.C5H11N.C4H6O2/c1-2-8-6-4-3-5-7-8;1-2-3-4-5-6;1-3(2)4(5)6/h2-7H,1H2;5-6H,2-4H2,1H3;1H2,2H3,(H,5,6). The predicted octanol–water partition coefficient (Wildman–Crippen LogP) is 4.80. The monoisotopic (exact) mass is 275 g/mol. The fourth-order valence-electron chi connectivity index (χ4n) is 0.895. The van der Waals surface area contributed by atoms with E-state index in [0.717, 1.165) is 6.42 Å². The number of hydrogen-bond acceptors (Lipinski definition) is 2. The zero-order valence-electron chi connectivity index (χ0n) is 12.4. The van der Waals surface area contributed by atoms with Crippen molar-refractivity contribution in [3.63, 3.8) is 0 Å². The van der Waals surface area contributed by atoms with Crippen LogP contribution < -0.4 is 0 Å². The van der Waals surface area contributed by atoms with Crippen LogP contribution in [0.4, 0.5) is 0 Å². The average Bonchev–Trinajstić information content (AvgIpc) is 2.47. The molecule has 0 atom stereocenters. The molecule has 0 aliphatic rings. The predicted molar refractivity (Wildman–Crippen MR) is 87.3 cm³/mol. The number of rotatable bonds is 5. The molecular formula is C17H25NO2. The van der Waals surface area contributed by atoms with Crippen LogP contribution >= 0.6 is 0 Å². The molecule has 0 aromatic heterocycles. The summed E-state index contributed by atoms with van der Waals surface area (Å²) in [5.74, 6) is -0.935. The van der Waals surface area contributed by atoms with E-state index in [4.69, 9.17) is 10.5 Å². The number of hydrogen-bond donors (Lipinski definition) is 2. The van der Waals surface area contributed by atoms with Gasteiger partial charge in [-0.25, -0.2) is 4.79 Å². The lowest BCUT2D eigenvalue weighted by Gasteiger charge is -1.85. The third-order valence-corrected chi connectivity index (χ3v) is 2.10. The van der Waals surface area contributed by atoms with Gasteiger partial charge in [-0.1, -0.05) is 62.9 Å². The Morgan fingerprint density at radius 1 is 1.35 bits per heavy atom. The first kappa shape index (κ1) is 20.2. The Morgan fingerprint density at radius 2 is 1.85 bits per heavy atom. The van der Waals surface area contributed by atoms with Gasteiger partial charge in [0.15, 0.2) is 0 Å². The smallest absolute Gasteiger partial charge is 0.330 e. The van der Waals surface area contributed by atoms with Crippen molar-refractivity contribution in [3.8, 4) is 0 Å². The van der Waals surface area contributed by atoms with Crippen LogP contribution in [0.1, 0.15) is 38.7 Å². The van der Waals surface area contributed by atoms with Crippen LogP contribution in [0.2, 0.25) is 0 Å². The van der Waals surface area contributed by atoms with Crippen LogP contribution in [0.3, 0.4) is 0 Å². The van der Waals surface area contributed by atoms with Crippen molar-refractivity contribution in [1.82, 2.24) is 0 Å². The first-order valence-corrected chi connectivity index (χ1v) is 6.54. The summed E-state index contributed by atoms with van der Waals surface area (Å²) in [5.41, 5.74) is 1.35. The molecule has 0 heterocycles. The molecule has 110 valence electrons. The fraction of sp³-hybridized carbons (Fsp3) is 0.294. The second-order valence-corrected chi connectivity index (χ2v) is 4.05. The van der Waals surface area contributed by atoms with Crippen LogP contribution in [-0.2, 0) is 4.79 Å². The van der Waals surface area contributed by atoms with Crippen molar-refractivity contribution in [3.05, 3.63) is 54.6 Å². The molecule has 0 spiro atoms. The summed E-state index contributed by atoms with van der Waals surface area (Å²) in [4.78, 5) is 9.60. The van der Waals surface area contributed by atoms with E-state index < -0.39 is 5.97 Å². The highest BCUT2D eigenvalue weighted by Gasteiger charge is 1.90. The Bertz CT molecular complexity index is 385. The maximum Gasteiger partial charge on any atom is 0.330 e. The Labute approximate surface area is 122 Å². The highest BCUT2D eigenvalue weighted by Crippen LogP contribution is 1.97. The lowest BCUT2D eigenvalue weighted by atomic mass is 10.2. The number of nitrogens with one attached hydrogen (secondary N) is 1. The second kappa shape index (κ2) is 14.9. The summed E-state index contributed by atoms with van der Waals surface area (Å²) in [7, 11) is 0. The maximum absolute atomic E-state index is 9.60. The van der Waals surface area contributed by atoms with E-state index in [1.54, 1.807) is 0 Å². The molecule has 0 saturated heterocycles. The molecule has 0 aliphatic heterocycles. The summed E-state index contributed by atoms with van der Waals surface area (Å²) < 4.78 is 0. The third-order valence-electron chi connectivity index (χ3n) is 2.10. The van der Waals surface area contributed by atoms with Crippen molar-refractivity contribution < 1.29 is 9.90 Å². The van der Waals surface area contributed by atoms with Crippen LogP contribution in [0.5, 0.6) is 0 Å². The number of benzene rings is 1. The van der Waals surface area contributed by atoms with E-state index in [1.807, 2.05) is 36.4 Å². The SMILES string of the molecule is C=C(C)C(=O)O.C=Cc1ccccc1.CCCCC=N. The zero-order chi connectivity index (χ0) is 15.8. The summed E-state index contributed by atoms with van der Waals surface area (Å²) in [6.07, 6.45) is 6.62. The third kappa shape index (κ3) is 15.8. The molecule has 1 aromatic rings. The first-order chi connectivity index (χ1) is 9.49. The van der Waals surface area contributed by atoms with Gasteiger partial charge in [0.05, 0.1) is 0 Å². The highest BCUT2D eigenvalue weighted by atomic mass is 16.4. The van der Waals surface area contributed by atoms with Gasteiger partial charge >= 0.3 is 5.97 Å². The minimum atomic E-state index is -0.935. The maximum atomic E-state index is 9.60. The van der Waals surface area contributed by atoms with Crippen molar-refractivity contribution in [2.45, 2.75) is 33.1 Å². The highest BCUT2D eigenvalue weighted by molar-refractivity contribution is 5.84. The summed E-state index contributed by atoms with van der Waals surface area (Å²) in [6.45, 7) is 10.4. The molecule has 0 fully saturated rings. The van der Waals surface area contributed by atoms with E-state index in [9.17, 15) is 4.79 Å². The van der Waals surface area contributed by atoms with E-state index in [1.165, 1.54) is 31.5 Å². The molecule has 1 aromatic carbocycles. The average molecular weight is 275 g/mol. The first-order valence-electron chi connectivity index (χ1n) is 6.54. The Kier molecular flexibility index (Phi) is 15.0. The van der Waals surface area contributed by atoms with Gasteiger partial charge in [0.1, 0.15) is 0 Å². The number of carboxylic acid groups (broad SMARTS) is 1. The fourth-order valence-corrected chi connectivity index (χ4v) is 0.895. The lowest BCUT2D eigenvalue weighted by Crippen LogP contribution is -1.92. The number of aliphatic carboxylic acids is 1. The largest absolute Gasteiger partial charge is 0.478 e. The molecule has 0 aliphatic carbocycles. The van der Waals surface area contributed by atoms with E-state index in [-0.39, 0.29) is 5.57 Å². The van der Waals surface area contributed by atoms with Gasteiger partial charge in [-0.2, -0.15) is 0 Å². The molecule has 2 N–H and O–H groups in total. The van der Waals surface area contributed by atoms with Crippen molar-refractivity contribution >= 4 is 18.3 Å². The topological polar surface area (TPSA) is 61.1 Å². The van der Waals surface area contributed by atoms with Gasteiger partial charge in [0, 0.05) is 5.57 Å². The van der Waals surface area contributed by atoms with E-state index in [2.05, 4.69) is 20.1 Å². The van der Waals surface area contributed by atoms with Gasteiger partial charge in [-0.3, -0.25) is 0 Å². The molecule has 0 bridgehead atoms. The Balaban J connectivity index is 0. The van der Waals surface area contributed by atoms with Gasteiger partial charge in [0.25, 0.3) is 0 Å². The van der Waals surface area contributed by atoms with Crippen molar-refractivity contribution in [2.75, 3.05) is 0 Å². The molecule has 0 saturated carbocycles. The molecule has 3 heteroatoms. The molecule has 1 rings (SSSR count). The molecule has 0 unspecified atom stereocenters. The quantitative estimate of drug-likeness (QED) is 0.460. The summed E-state index contributed by atoms with van der Waals surface area (Å²) >= 11 is 0. The lowest BCUT2D eigenvalue weighted by molar-refractivity contribution is -0.132. The normalized spacial score (nSPS) is 8.10. The minimum absolute atomic E-state index is 0.176. The van der Waals surface area contributed by atoms with Crippen LogP contribution in [0.25, 0.3) is 6.08 Å². The molecular weight excluding hydrogens is 250 g/mol. The van der Waals surface area contributed by atoms with Gasteiger partial charge in [0.2, 0.25) is 0 Å². The molecule has 20 heavy (non-hydrogen) atoms. The number of unbranched alkanes of at least 4 members (excludes halogenated alkanes) is 2. The van der Waals surface area contributed by atoms with E-state index >= 15 is 0 Å². The van der Waals surface area contributed by atoms with Crippen molar-refractivity contribution in [2.24, 2.45) is 0 Å². The van der Waals surface area contributed by atoms with Gasteiger partial charge in [-0.05, 0) is 31.5 Å².